The van der Waals surface area contributed by atoms with Crippen molar-refractivity contribution in [1.29, 1.82) is 0 Å². The molecule has 1 rings (SSSR count). The molecule has 1 aromatic rings. The Kier molecular flexibility index (Phi) is 1.53. The van der Waals surface area contributed by atoms with Gasteiger partial charge < -0.3 is 4.74 Å². The summed E-state index contributed by atoms with van der Waals surface area (Å²) in [6, 6.07) is 0. The van der Waals surface area contributed by atoms with Crippen LogP contribution in [0, 0.1) is 0 Å². The first-order chi connectivity index (χ1) is 4.34. The van der Waals surface area contributed by atoms with Gasteiger partial charge in [0.15, 0.2) is 0 Å². The fraction of sp³-hybridized carbons (Fsp3) is 0.500. The van der Waals surface area contributed by atoms with Crippen molar-refractivity contribution in [3.8, 4) is 5.88 Å². The fourth-order valence-electron chi connectivity index (χ4n) is 0.419. The highest BCUT2D eigenvalue weighted by molar-refractivity contribution is 4.96. The quantitative estimate of drug-likeness (QED) is 0.600. The number of aromatic amines is 1. The number of nitrogens with zero attached hydrogens (tertiary/aromatic N) is 1. The zero-order valence-electron chi connectivity index (χ0n) is 4.88. The summed E-state index contributed by atoms with van der Waals surface area (Å²) < 4.78 is 8.91. The van der Waals surface area contributed by atoms with Crippen molar-refractivity contribution in [2.45, 2.75) is 6.92 Å². The minimum absolute atomic E-state index is 0.0162. The molecular formula is C4H6N2O3. The predicted octanol–water partition coefficient (Wildman–Crippen LogP) is -0.238. The molecule has 0 atom stereocenters. The van der Waals surface area contributed by atoms with Crippen LogP contribution in [0.5, 0.6) is 5.88 Å². The van der Waals surface area contributed by atoms with Crippen molar-refractivity contribution >= 4 is 0 Å². The molecule has 0 spiro atoms. The average molecular weight is 130 g/mol. The molecule has 0 aromatic carbocycles. The molecule has 9 heavy (non-hydrogen) atoms. The van der Waals surface area contributed by atoms with Crippen LogP contribution in [0.3, 0.4) is 0 Å². The summed E-state index contributed by atoms with van der Waals surface area (Å²) in [5.74, 6) is -0.0162. The highest BCUT2D eigenvalue weighted by atomic mass is 16.6. The van der Waals surface area contributed by atoms with E-state index in [0.29, 0.717) is 6.61 Å². The molecule has 0 saturated carbocycles. The van der Waals surface area contributed by atoms with E-state index < -0.39 is 5.56 Å². The Balaban J connectivity index is 2.81. The van der Waals surface area contributed by atoms with Gasteiger partial charge in [-0.3, -0.25) is 9.42 Å². The van der Waals surface area contributed by atoms with E-state index in [1.807, 2.05) is 5.16 Å². The van der Waals surface area contributed by atoms with Gasteiger partial charge in [0.1, 0.15) is 0 Å². The molecule has 1 aromatic heterocycles. The standard InChI is InChI=1S/C4H6N2O3/c1-2-8-4-3(7)5-9-6-4/h2H2,1H3,(H,5,7). The molecule has 0 bridgehead atoms. The highest BCUT2D eigenvalue weighted by Crippen LogP contribution is 1.91. The molecule has 0 fully saturated rings. The first-order valence-electron chi connectivity index (χ1n) is 2.51. The summed E-state index contributed by atoms with van der Waals surface area (Å²) in [5, 5.41) is 5.23. The van der Waals surface area contributed by atoms with Crippen LogP contribution < -0.4 is 10.3 Å². The van der Waals surface area contributed by atoms with E-state index in [1.165, 1.54) is 0 Å². The van der Waals surface area contributed by atoms with E-state index in [-0.39, 0.29) is 5.88 Å². The maximum absolute atomic E-state index is 10.5. The van der Waals surface area contributed by atoms with Crippen LogP contribution in [-0.4, -0.2) is 16.9 Å². The van der Waals surface area contributed by atoms with E-state index in [1.54, 1.807) is 6.92 Å². The van der Waals surface area contributed by atoms with Crippen molar-refractivity contribution in [3.05, 3.63) is 10.4 Å². The van der Waals surface area contributed by atoms with Crippen LogP contribution in [0.1, 0.15) is 6.92 Å². The number of hydrogen-bond acceptors (Lipinski definition) is 4. The Labute approximate surface area is 50.6 Å². The second-order valence-electron chi connectivity index (χ2n) is 1.35. The van der Waals surface area contributed by atoms with E-state index >= 15 is 0 Å². The largest absolute Gasteiger partial charge is 0.472 e. The van der Waals surface area contributed by atoms with Gasteiger partial charge in [-0.25, -0.2) is 0 Å². The van der Waals surface area contributed by atoms with E-state index in [9.17, 15) is 4.79 Å². The van der Waals surface area contributed by atoms with Gasteiger partial charge in [0.05, 0.1) is 6.61 Å². The Morgan fingerprint density at radius 3 is 3.11 bits per heavy atom. The smallest absolute Gasteiger partial charge is 0.344 e. The summed E-state index contributed by atoms with van der Waals surface area (Å²) in [5.41, 5.74) is -0.433. The van der Waals surface area contributed by atoms with Crippen molar-refractivity contribution in [2.75, 3.05) is 6.61 Å². The van der Waals surface area contributed by atoms with Gasteiger partial charge in [-0.1, -0.05) is 0 Å². The van der Waals surface area contributed by atoms with Gasteiger partial charge in [-0.05, 0) is 12.1 Å². The van der Waals surface area contributed by atoms with Crippen molar-refractivity contribution < 1.29 is 9.37 Å². The number of rotatable bonds is 2. The van der Waals surface area contributed by atoms with Crippen LogP contribution in [0.15, 0.2) is 9.42 Å². The Morgan fingerprint density at radius 1 is 1.89 bits per heavy atom. The molecule has 1 heterocycles. The molecular weight excluding hydrogens is 124 g/mol. The molecule has 0 radical (unpaired) electrons. The number of H-pyrrole nitrogens is 1. The third kappa shape index (κ3) is 1.10. The van der Waals surface area contributed by atoms with Crippen LogP contribution >= 0.6 is 0 Å². The summed E-state index contributed by atoms with van der Waals surface area (Å²) >= 11 is 0. The monoisotopic (exact) mass is 130 g/mol. The SMILES string of the molecule is CCOc1no[nH]c1=O. The Bertz CT molecular complexity index is 226. The zero-order chi connectivity index (χ0) is 6.69. The van der Waals surface area contributed by atoms with E-state index in [4.69, 9.17) is 4.74 Å². The number of ether oxygens (including phenoxy) is 1. The van der Waals surface area contributed by atoms with E-state index in [0.717, 1.165) is 0 Å². The lowest BCUT2D eigenvalue weighted by Gasteiger charge is -1.89. The molecule has 0 amide bonds. The lowest BCUT2D eigenvalue weighted by atomic mass is 10.8. The van der Waals surface area contributed by atoms with Gasteiger partial charge >= 0.3 is 11.4 Å². The second-order valence-corrected chi connectivity index (χ2v) is 1.35. The average Bonchev–Trinajstić information content (AvgIpc) is 2.18. The fourth-order valence-corrected chi connectivity index (χ4v) is 0.419. The maximum atomic E-state index is 10.5. The van der Waals surface area contributed by atoms with Crippen LogP contribution in [0.25, 0.3) is 0 Å². The normalized spacial score (nSPS) is 9.44. The molecule has 0 aliphatic carbocycles. The van der Waals surface area contributed by atoms with Gasteiger partial charge in [-0.2, -0.15) is 5.16 Å². The minimum Gasteiger partial charge on any atom is -0.472 e. The summed E-state index contributed by atoms with van der Waals surface area (Å²) in [6.07, 6.45) is 0. The molecule has 0 aliphatic rings. The molecule has 1 N–H and O–H groups in total. The van der Waals surface area contributed by atoms with E-state index in [2.05, 4.69) is 9.79 Å². The first kappa shape index (κ1) is 5.87. The molecule has 50 valence electrons. The maximum Gasteiger partial charge on any atom is 0.344 e. The third-order valence-corrected chi connectivity index (χ3v) is 0.742. The van der Waals surface area contributed by atoms with Gasteiger partial charge in [-0.15, -0.1) is 0 Å². The predicted molar refractivity (Wildman–Crippen MR) is 28.3 cm³/mol. The molecule has 5 heteroatoms. The number of aromatic nitrogens is 2. The van der Waals surface area contributed by atoms with Crippen molar-refractivity contribution in [1.82, 2.24) is 10.3 Å². The third-order valence-electron chi connectivity index (χ3n) is 0.742. The van der Waals surface area contributed by atoms with Crippen molar-refractivity contribution in [3.63, 3.8) is 0 Å². The van der Waals surface area contributed by atoms with Crippen LogP contribution in [-0.2, 0) is 0 Å². The first-order valence-corrected chi connectivity index (χ1v) is 2.51. The van der Waals surface area contributed by atoms with Crippen molar-refractivity contribution in [2.24, 2.45) is 0 Å². The Morgan fingerprint density at radius 2 is 2.67 bits per heavy atom. The summed E-state index contributed by atoms with van der Waals surface area (Å²) in [6.45, 7) is 2.17. The van der Waals surface area contributed by atoms with Gasteiger partial charge in [0.25, 0.3) is 0 Å². The second kappa shape index (κ2) is 2.34. The molecule has 0 aliphatic heterocycles. The number of hydrogen-bond donors (Lipinski definition) is 1. The van der Waals surface area contributed by atoms with Gasteiger partial charge in [0.2, 0.25) is 0 Å². The zero-order valence-corrected chi connectivity index (χ0v) is 4.88. The lowest BCUT2D eigenvalue weighted by Crippen LogP contribution is -2.04. The summed E-state index contributed by atoms with van der Waals surface area (Å²) in [7, 11) is 0. The van der Waals surface area contributed by atoms with Crippen LogP contribution in [0.4, 0.5) is 0 Å². The minimum atomic E-state index is -0.433. The number of nitrogens with one attached hydrogen (secondary N) is 1. The highest BCUT2D eigenvalue weighted by Gasteiger charge is 2.01. The molecule has 0 unspecified atom stereocenters. The summed E-state index contributed by atoms with van der Waals surface area (Å²) in [4.78, 5) is 10.5. The molecule has 5 nitrogen and oxygen atoms in total. The van der Waals surface area contributed by atoms with Gasteiger partial charge in [0, 0.05) is 0 Å². The Hall–Kier alpha value is -1.26. The lowest BCUT2D eigenvalue weighted by molar-refractivity contribution is 0.263. The van der Waals surface area contributed by atoms with Crippen LogP contribution in [0.2, 0.25) is 0 Å². The topological polar surface area (TPSA) is 68.1 Å². The molecule has 0 saturated heterocycles.